The molecule has 0 radical (unpaired) electrons. The molecule has 0 aromatic heterocycles. The molecule has 0 atom stereocenters. The minimum Gasteiger partial charge on any atom is -0.507 e. The Morgan fingerprint density at radius 3 is 2.61 bits per heavy atom. The van der Waals surface area contributed by atoms with Crippen LogP contribution < -0.4 is 5.43 Å². The van der Waals surface area contributed by atoms with Gasteiger partial charge in [-0.25, -0.2) is 5.43 Å². The number of phenolic OH excluding ortho intramolecular Hbond substituents is 1. The van der Waals surface area contributed by atoms with E-state index in [2.05, 4.69) is 26.5 Å². The molecule has 0 aliphatic carbocycles. The van der Waals surface area contributed by atoms with Gasteiger partial charge in [-0.1, -0.05) is 42.5 Å². The predicted molar refractivity (Wildman–Crippen MR) is 94.8 cm³/mol. The summed E-state index contributed by atoms with van der Waals surface area (Å²) in [4.78, 5) is 12.1. The maximum absolute atomic E-state index is 12.1. The van der Waals surface area contributed by atoms with Crippen LogP contribution in [0.1, 0.15) is 15.9 Å². The Labute approximate surface area is 141 Å². The number of phenols is 1. The number of fused-ring (bicyclic) bond motifs is 1. The largest absolute Gasteiger partial charge is 0.507 e. The SMILES string of the molecule is O=C(N/N=C/c1c(O)ccc2ccccc12)c1ccccc1Br. The molecule has 0 aliphatic rings. The average Bonchev–Trinajstić information content (AvgIpc) is 2.57. The third-order valence-electron chi connectivity index (χ3n) is 3.43. The molecule has 0 fully saturated rings. The third-order valence-corrected chi connectivity index (χ3v) is 4.12. The Balaban J connectivity index is 1.85. The monoisotopic (exact) mass is 368 g/mol. The van der Waals surface area contributed by atoms with Gasteiger partial charge in [-0.3, -0.25) is 4.79 Å². The highest BCUT2D eigenvalue weighted by atomic mass is 79.9. The standard InChI is InChI=1S/C18H13BrN2O2/c19-16-8-4-3-7-14(16)18(23)21-20-11-15-13-6-2-1-5-12(13)9-10-17(15)22/h1-11,22H,(H,21,23)/b20-11+. The molecule has 23 heavy (non-hydrogen) atoms. The molecule has 0 unspecified atom stereocenters. The van der Waals surface area contributed by atoms with E-state index < -0.39 is 0 Å². The van der Waals surface area contributed by atoms with Crippen molar-refractivity contribution in [2.45, 2.75) is 0 Å². The molecule has 0 aliphatic heterocycles. The van der Waals surface area contributed by atoms with Crippen molar-refractivity contribution >= 4 is 38.8 Å². The molecule has 0 saturated carbocycles. The Morgan fingerprint density at radius 2 is 1.78 bits per heavy atom. The number of amides is 1. The average molecular weight is 369 g/mol. The Bertz CT molecular complexity index is 906. The zero-order valence-electron chi connectivity index (χ0n) is 12.0. The molecule has 3 rings (SSSR count). The van der Waals surface area contributed by atoms with Gasteiger partial charge in [-0.2, -0.15) is 5.10 Å². The fourth-order valence-corrected chi connectivity index (χ4v) is 2.75. The Hall–Kier alpha value is -2.66. The molecular weight excluding hydrogens is 356 g/mol. The summed E-state index contributed by atoms with van der Waals surface area (Å²) in [6.07, 6.45) is 1.45. The minimum absolute atomic E-state index is 0.114. The van der Waals surface area contributed by atoms with E-state index in [0.29, 0.717) is 15.6 Å². The van der Waals surface area contributed by atoms with Crippen LogP contribution in [0.25, 0.3) is 10.8 Å². The summed E-state index contributed by atoms with van der Waals surface area (Å²) < 4.78 is 0.695. The van der Waals surface area contributed by atoms with Crippen molar-refractivity contribution in [3.05, 3.63) is 76.3 Å². The number of hydrogen-bond donors (Lipinski definition) is 2. The predicted octanol–water partition coefficient (Wildman–Crippen LogP) is 4.07. The zero-order chi connectivity index (χ0) is 16.2. The summed E-state index contributed by atoms with van der Waals surface area (Å²) in [6, 6.07) is 18.2. The van der Waals surface area contributed by atoms with E-state index in [0.717, 1.165) is 10.8 Å². The van der Waals surface area contributed by atoms with Gasteiger partial charge < -0.3 is 5.11 Å². The topological polar surface area (TPSA) is 61.7 Å². The quantitative estimate of drug-likeness (QED) is 0.540. The second kappa shape index (κ2) is 6.62. The molecule has 2 N–H and O–H groups in total. The molecule has 3 aromatic rings. The van der Waals surface area contributed by atoms with Crippen molar-refractivity contribution in [3.8, 4) is 5.75 Å². The number of nitrogens with zero attached hydrogens (tertiary/aromatic N) is 1. The lowest BCUT2D eigenvalue weighted by molar-refractivity contribution is 0.0954. The lowest BCUT2D eigenvalue weighted by Gasteiger charge is -2.05. The summed E-state index contributed by atoms with van der Waals surface area (Å²) in [5, 5.41) is 15.8. The highest BCUT2D eigenvalue weighted by Gasteiger charge is 2.08. The van der Waals surface area contributed by atoms with Crippen LogP contribution in [0.4, 0.5) is 0 Å². The van der Waals surface area contributed by atoms with Gasteiger partial charge in [0.1, 0.15) is 5.75 Å². The first-order valence-corrected chi connectivity index (χ1v) is 7.75. The summed E-state index contributed by atoms with van der Waals surface area (Å²) >= 11 is 3.33. The maximum atomic E-state index is 12.1. The number of benzene rings is 3. The fraction of sp³-hybridized carbons (Fsp3) is 0. The second-order valence-corrected chi connectivity index (χ2v) is 5.75. The normalized spacial score (nSPS) is 11.0. The van der Waals surface area contributed by atoms with Gasteiger partial charge >= 0.3 is 0 Å². The first-order valence-electron chi connectivity index (χ1n) is 6.95. The van der Waals surface area contributed by atoms with Gasteiger partial charge in [0, 0.05) is 10.0 Å². The van der Waals surface area contributed by atoms with E-state index in [1.165, 1.54) is 6.21 Å². The van der Waals surface area contributed by atoms with E-state index in [-0.39, 0.29) is 11.7 Å². The zero-order valence-corrected chi connectivity index (χ0v) is 13.6. The van der Waals surface area contributed by atoms with Crippen LogP contribution in [0.5, 0.6) is 5.75 Å². The Morgan fingerprint density at radius 1 is 1.04 bits per heavy atom. The number of nitrogens with one attached hydrogen (secondary N) is 1. The van der Waals surface area contributed by atoms with E-state index in [4.69, 9.17) is 0 Å². The first-order chi connectivity index (χ1) is 11.2. The second-order valence-electron chi connectivity index (χ2n) is 4.90. The highest BCUT2D eigenvalue weighted by molar-refractivity contribution is 9.10. The molecule has 114 valence electrons. The number of carbonyl (C=O) groups is 1. The summed E-state index contributed by atoms with van der Waals surface area (Å²) in [6.45, 7) is 0. The number of carbonyl (C=O) groups excluding carboxylic acids is 1. The van der Waals surface area contributed by atoms with Gasteiger partial charge in [0.05, 0.1) is 11.8 Å². The van der Waals surface area contributed by atoms with Gasteiger partial charge in [0.25, 0.3) is 5.91 Å². The summed E-state index contributed by atoms with van der Waals surface area (Å²) in [7, 11) is 0. The Kier molecular flexibility index (Phi) is 4.39. The first kappa shape index (κ1) is 15.2. The fourth-order valence-electron chi connectivity index (χ4n) is 2.28. The number of rotatable bonds is 3. The van der Waals surface area contributed by atoms with Gasteiger partial charge in [0.2, 0.25) is 0 Å². The van der Waals surface area contributed by atoms with Gasteiger partial charge in [0.15, 0.2) is 0 Å². The van der Waals surface area contributed by atoms with Crippen LogP contribution >= 0.6 is 15.9 Å². The van der Waals surface area contributed by atoms with E-state index >= 15 is 0 Å². The van der Waals surface area contributed by atoms with Crippen LogP contribution in [0.2, 0.25) is 0 Å². The molecule has 0 heterocycles. The summed E-state index contributed by atoms with van der Waals surface area (Å²) in [5.41, 5.74) is 3.53. The smallest absolute Gasteiger partial charge is 0.272 e. The van der Waals surface area contributed by atoms with Crippen molar-refractivity contribution in [1.82, 2.24) is 5.43 Å². The third kappa shape index (κ3) is 3.24. The van der Waals surface area contributed by atoms with Crippen LogP contribution in [0.15, 0.2) is 70.2 Å². The van der Waals surface area contributed by atoms with Crippen molar-refractivity contribution in [2.24, 2.45) is 5.10 Å². The lowest BCUT2D eigenvalue weighted by Crippen LogP contribution is -2.18. The van der Waals surface area contributed by atoms with Crippen LogP contribution in [0, 0.1) is 0 Å². The van der Waals surface area contributed by atoms with Crippen LogP contribution in [-0.2, 0) is 0 Å². The van der Waals surface area contributed by atoms with Crippen molar-refractivity contribution in [3.63, 3.8) is 0 Å². The van der Waals surface area contributed by atoms with Crippen molar-refractivity contribution < 1.29 is 9.90 Å². The molecule has 1 amide bonds. The van der Waals surface area contributed by atoms with Gasteiger partial charge in [-0.15, -0.1) is 0 Å². The number of aromatic hydroxyl groups is 1. The van der Waals surface area contributed by atoms with E-state index in [1.807, 2.05) is 36.4 Å². The molecule has 0 spiro atoms. The molecule has 0 saturated heterocycles. The van der Waals surface area contributed by atoms with Crippen LogP contribution in [0.3, 0.4) is 0 Å². The van der Waals surface area contributed by atoms with Crippen molar-refractivity contribution in [2.75, 3.05) is 0 Å². The molecule has 4 nitrogen and oxygen atoms in total. The van der Waals surface area contributed by atoms with E-state index in [9.17, 15) is 9.90 Å². The maximum Gasteiger partial charge on any atom is 0.272 e. The number of hydrazone groups is 1. The van der Waals surface area contributed by atoms with Crippen molar-refractivity contribution in [1.29, 1.82) is 0 Å². The highest BCUT2D eigenvalue weighted by Crippen LogP contribution is 2.25. The van der Waals surface area contributed by atoms with Crippen LogP contribution in [-0.4, -0.2) is 17.2 Å². The number of hydrogen-bond acceptors (Lipinski definition) is 3. The minimum atomic E-state index is -0.326. The molecular formula is C18H13BrN2O2. The molecule has 5 heteroatoms. The molecule has 3 aromatic carbocycles. The molecule has 0 bridgehead atoms. The lowest BCUT2D eigenvalue weighted by atomic mass is 10.0. The van der Waals surface area contributed by atoms with Gasteiger partial charge in [-0.05, 0) is 44.9 Å². The number of halogens is 1. The summed E-state index contributed by atoms with van der Waals surface area (Å²) in [5.74, 6) is -0.212. The van der Waals surface area contributed by atoms with E-state index in [1.54, 1.807) is 24.3 Å².